The molecule has 0 amide bonds. The predicted octanol–water partition coefficient (Wildman–Crippen LogP) is 1.48. The first-order valence-corrected chi connectivity index (χ1v) is 6.15. The Bertz CT molecular complexity index is 715. The van der Waals surface area contributed by atoms with Crippen molar-refractivity contribution in [2.45, 2.75) is 6.54 Å². The van der Waals surface area contributed by atoms with Gasteiger partial charge in [-0.05, 0) is 17.7 Å². The van der Waals surface area contributed by atoms with E-state index in [2.05, 4.69) is 0 Å². The number of hydrogen-bond acceptors (Lipinski definition) is 3. The second kappa shape index (κ2) is 5.11. The first kappa shape index (κ1) is 13.7. The van der Waals surface area contributed by atoms with Crippen LogP contribution in [-0.2, 0) is 13.6 Å². The van der Waals surface area contributed by atoms with E-state index < -0.39 is 11.2 Å². The van der Waals surface area contributed by atoms with Crippen molar-refractivity contribution >= 4 is 28.9 Å². The molecule has 0 atom stereocenters. The Hall–Kier alpha value is -1.72. The van der Waals surface area contributed by atoms with Crippen LogP contribution >= 0.6 is 23.2 Å². The van der Waals surface area contributed by atoms with E-state index in [0.29, 0.717) is 15.6 Å². The SMILES string of the molecule is Cn1cc(N)c(=O)n(Cc2ccc(Cl)cc2Cl)c1=O. The summed E-state index contributed by atoms with van der Waals surface area (Å²) < 4.78 is 2.28. The standard InChI is InChI=1S/C12H11Cl2N3O2/c1-16-6-10(15)11(18)17(12(16)19)5-7-2-3-8(13)4-9(7)14/h2-4,6H,5,15H2,1H3. The number of nitrogen functional groups attached to an aromatic ring is 1. The van der Waals surface area contributed by atoms with E-state index >= 15 is 0 Å². The molecule has 2 rings (SSSR count). The average molecular weight is 300 g/mol. The first-order chi connectivity index (χ1) is 8.90. The minimum Gasteiger partial charge on any atom is -0.393 e. The summed E-state index contributed by atoms with van der Waals surface area (Å²) in [6.45, 7) is 0.0482. The normalized spacial score (nSPS) is 10.7. The summed E-state index contributed by atoms with van der Waals surface area (Å²) in [5, 5.41) is 0.880. The third-order valence-corrected chi connectivity index (χ3v) is 3.29. The zero-order chi connectivity index (χ0) is 14.2. The minimum atomic E-state index is -0.533. The van der Waals surface area contributed by atoms with Crippen molar-refractivity contribution in [1.29, 1.82) is 0 Å². The van der Waals surface area contributed by atoms with Gasteiger partial charge in [-0.1, -0.05) is 29.3 Å². The first-order valence-electron chi connectivity index (χ1n) is 5.40. The van der Waals surface area contributed by atoms with Crippen molar-refractivity contribution in [3.63, 3.8) is 0 Å². The Morgan fingerprint density at radius 2 is 1.95 bits per heavy atom. The van der Waals surface area contributed by atoms with E-state index in [1.54, 1.807) is 18.2 Å². The van der Waals surface area contributed by atoms with E-state index in [0.717, 1.165) is 4.57 Å². The van der Waals surface area contributed by atoms with Gasteiger partial charge in [0.25, 0.3) is 5.56 Å². The third kappa shape index (κ3) is 2.67. The van der Waals surface area contributed by atoms with Gasteiger partial charge >= 0.3 is 5.69 Å². The van der Waals surface area contributed by atoms with Crippen LogP contribution in [0.15, 0.2) is 34.0 Å². The van der Waals surface area contributed by atoms with Crippen LogP contribution in [0, 0.1) is 0 Å². The summed E-state index contributed by atoms with van der Waals surface area (Å²) >= 11 is 11.8. The van der Waals surface area contributed by atoms with Gasteiger partial charge in [0.05, 0.1) is 6.54 Å². The molecular weight excluding hydrogens is 289 g/mol. The van der Waals surface area contributed by atoms with Crippen molar-refractivity contribution in [2.24, 2.45) is 7.05 Å². The number of halogens is 2. The van der Waals surface area contributed by atoms with Crippen LogP contribution in [0.25, 0.3) is 0 Å². The lowest BCUT2D eigenvalue weighted by Gasteiger charge is -2.09. The molecule has 0 unspecified atom stereocenters. The maximum absolute atomic E-state index is 11.9. The van der Waals surface area contributed by atoms with Gasteiger partial charge in [0.2, 0.25) is 0 Å². The molecule has 0 bridgehead atoms. The molecule has 7 heteroatoms. The van der Waals surface area contributed by atoms with Gasteiger partial charge < -0.3 is 10.3 Å². The molecular formula is C12H11Cl2N3O2. The molecule has 0 aliphatic rings. The maximum Gasteiger partial charge on any atom is 0.331 e. The van der Waals surface area contributed by atoms with Crippen LogP contribution in [0.1, 0.15) is 5.56 Å². The molecule has 0 radical (unpaired) electrons. The number of aromatic nitrogens is 2. The van der Waals surface area contributed by atoms with Crippen LogP contribution < -0.4 is 17.0 Å². The fourth-order valence-electron chi connectivity index (χ4n) is 1.71. The Morgan fingerprint density at radius 3 is 2.58 bits per heavy atom. The van der Waals surface area contributed by atoms with Crippen molar-refractivity contribution in [2.75, 3.05) is 5.73 Å². The topological polar surface area (TPSA) is 70.0 Å². The monoisotopic (exact) mass is 299 g/mol. The fourth-order valence-corrected chi connectivity index (χ4v) is 2.18. The van der Waals surface area contributed by atoms with Crippen molar-refractivity contribution < 1.29 is 0 Å². The second-order valence-electron chi connectivity index (χ2n) is 4.10. The zero-order valence-corrected chi connectivity index (χ0v) is 11.6. The minimum absolute atomic E-state index is 0.00665. The molecule has 19 heavy (non-hydrogen) atoms. The summed E-state index contributed by atoms with van der Waals surface area (Å²) in [4.78, 5) is 23.8. The van der Waals surface area contributed by atoms with E-state index in [1.165, 1.54) is 17.8 Å². The Labute approximate surface area is 118 Å². The van der Waals surface area contributed by atoms with Crippen molar-refractivity contribution in [3.8, 4) is 0 Å². The molecule has 2 N–H and O–H groups in total. The average Bonchev–Trinajstić information content (AvgIpc) is 2.34. The van der Waals surface area contributed by atoms with E-state index in [-0.39, 0.29) is 12.2 Å². The summed E-state index contributed by atoms with van der Waals surface area (Å²) in [6.07, 6.45) is 1.30. The number of rotatable bonds is 2. The van der Waals surface area contributed by atoms with Gasteiger partial charge in [-0.15, -0.1) is 0 Å². The lowest BCUT2D eigenvalue weighted by molar-refractivity contribution is 0.643. The summed E-state index contributed by atoms with van der Waals surface area (Å²) in [5.74, 6) is 0. The molecule has 0 saturated heterocycles. The molecule has 0 aliphatic carbocycles. The number of anilines is 1. The lowest BCUT2D eigenvalue weighted by atomic mass is 10.2. The Balaban J connectivity index is 2.56. The smallest absolute Gasteiger partial charge is 0.331 e. The summed E-state index contributed by atoms with van der Waals surface area (Å²) in [7, 11) is 1.53. The van der Waals surface area contributed by atoms with Gasteiger partial charge in [-0.3, -0.25) is 9.36 Å². The molecule has 5 nitrogen and oxygen atoms in total. The van der Waals surface area contributed by atoms with E-state index in [4.69, 9.17) is 28.9 Å². The van der Waals surface area contributed by atoms with Gasteiger partial charge in [0.15, 0.2) is 0 Å². The fraction of sp³-hybridized carbons (Fsp3) is 0.167. The quantitative estimate of drug-likeness (QED) is 0.913. The highest BCUT2D eigenvalue weighted by atomic mass is 35.5. The molecule has 0 fully saturated rings. The van der Waals surface area contributed by atoms with Crippen LogP contribution in [0.2, 0.25) is 10.0 Å². The molecule has 2 aromatic rings. The van der Waals surface area contributed by atoms with Crippen LogP contribution in [0.3, 0.4) is 0 Å². The van der Waals surface area contributed by atoms with Crippen LogP contribution in [0.4, 0.5) is 5.69 Å². The number of hydrogen-bond donors (Lipinski definition) is 1. The predicted molar refractivity (Wildman–Crippen MR) is 75.9 cm³/mol. The summed E-state index contributed by atoms with van der Waals surface area (Å²) in [6, 6.07) is 4.87. The molecule has 0 spiro atoms. The second-order valence-corrected chi connectivity index (χ2v) is 4.95. The maximum atomic E-state index is 11.9. The zero-order valence-electron chi connectivity index (χ0n) is 10.1. The van der Waals surface area contributed by atoms with Gasteiger partial charge in [0, 0.05) is 23.3 Å². The summed E-state index contributed by atoms with van der Waals surface area (Å²) in [5.41, 5.74) is 5.20. The third-order valence-electron chi connectivity index (χ3n) is 2.70. The molecule has 0 saturated carbocycles. The van der Waals surface area contributed by atoms with Crippen molar-refractivity contribution in [3.05, 3.63) is 60.8 Å². The Kier molecular flexibility index (Phi) is 3.68. The van der Waals surface area contributed by atoms with Gasteiger partial charge in [0.1, 0.15) is 5.69 Å². The molecule has 1 aromatic heterocycles. The van der Waals surface area contributed by atoms with Crippen LogP contribution in [-0.4, -0.2) is 9.13 Å². The molecule has 0 aliphatic heterocycles. The highest BCUT2D eigenvalue weighted by Crippen LogP contribution is 2.21. The van der Waals surface area contributed by atoms with E-state index in [9.17, 15) is 9.59 Å². The van der Waals surface area contributed by atoms with Crippen molar-refractivity contribution in [1.82, 2.24) is 9.13 Å². The number of aryl methyl sites for hydroxylation is 1. The Morgan fingerprint density at radius 1 is 1.26 bits per heavy atom. The largest absolute Gasteiger partial charge is 0.393 e. The molecule has 100 valence electrons. The lowest BCUT2D eigenvalue weighted by Crippen LogP contribution is -2.40. The van der Waals surface area contributed by atoms with Gasteiger partial charge in [-0.25, -0.2) is 4.79 Å². The molecule has 1 aromatic carbocycles. The number of benzene rings is 1. The van der Waals surface area contributed by atoms with Gasteiger partial charge in [-0.2, -0.15) is 0 Å². The van der Waals surface area contributed by atoms with Crippen LogP contribution in [0.5, 0.6) is 0 Å². The van der Waals surface area contributed by atoms with E-state index in [1.807, 2.05) is 0 Å². The number of nitrogens with two attached hydrogens (primary N) is 1. The molecule has 1 heterocycles. The number of nitrogens with zero attached hydrogens (tertiary/aromatic N) is 2. The highest BCUT2D eigenvalue weighted by Gasteiger charge is 2.10. The highest BCUT2D eigenvalue weighted by molar-refractivity contribution is 6.35.